The highest BCUT2D eigenvalue weighted by atomic mass is 16.5. The van der Waals surface area contributed by atoms with Crippen LogP contribution in [-0.4, -0.2) is 33.9 Å². The van der Waals surface area contributed by atoms with Gasteiger partial charge in [-0.15, -0.1) is 0 Å². The highest BCUT2D eigenvalue weighted by molar-refractivity contribution is 5.75. The van der Waals surface area contributed by atoms with Gasteiger partial charge in [0, 0.05) is 12.3 Å². The lowest BCUT2D eigenvalue weighted by atomic mass is 9.31. The lowest BCUT2D eigenvalue weighted by Gasteiger charge is -2.73. The van der Waals surface area contributed by atoms with Gasteiger partial charge >= 0.3 is 11.9 Å². The number of aliphatic hydroxyl groups is 1. The second kappa shape index (κ2) is 8.21. The summed E-state index contributed by atoms with van der Waals surface area (Å²) < 4.78 is 6.33. The fourth-order valence-corrected chi connectivity index (χ4v) is 12.4. The number of carbonyl (C=O) groups excluding carboxylic acids is 1. The van der Waals surface area contributed by atoms with Crippen LogP contribution in [0.3, 0.4) is 0 Å². The van der Waals surface area contributed by atoms with Crippen molar-refractivity contribution in [3.63, 3.8) is 0 Å². The van der Waals surface area contributed by atoms with E-state index in [9.17, 15) is 19.8 Å². The molecule has 210 valence electrons. The molecular formula is C32H52O5. The van der Waals surface area contributed by atoms with Gasteiger partial charge in [-0.3, -0.25) is 9.59 Å². The Kier molecular flexibility index (Phi) is 6.09. The maximum Gasteiger partial charge on any atom is 0.309 e. The molecule has 5 fully saturated rings. The van der Waals surface area contributed by atoms with E-state index >= 15 is 0 Å². The van der Waals surface area contributed by atoms with Gasteiger partial charge in [0.15, 0.2) is 0 Å². The van der Waals surface area contributed by atoms with Gasteiger partial charge in [0.2, 0.25) is 0 Å². The molecule has 0 saturated heterocycles. The Morgan fingerprint density at radius 2 is 1.49 bits per heavy atom. The van der Waals surface area contributed by atoms with Gasteiger partial charge in [-0.2, -0.15) is 0 Å². The van der Waals surface area contributed by atoms with Crippen molar-refractivity contribution in [2.75, 3.05) is 0 Å². The fraction of sp³-hybridized carbons (Fsp3) is 0.938. The van der Waals surface area contributed by atoms with Crippen LogP contribution in [0.5, 0.6) is 0 Å². The average Bonchev–Trinajstić information content (AvgIpc) is 3.11. The van der Waals surface area contributed by atoms with E-state index in [2.05, 4.69) is 27.7 Å². The van der Waals surface area contributed by atoms with E-state index in [0.717, 1.165) is 64.2 Å². The van der Waals surface area contributed by atoms with Crippen LogP contribution in [0.4, 0.5) is 0 Å². The Morgan fingerprint density at radius 3 is 2.08 bits per heavy atom. The number of carbonyl (C=O) groups is 2. The highest BCUT2D eigenvalue weighted by Gasteiger charge is 2.74. The fourth-order valence-electron chi connectivity index (χ4n) is 12.4. The monoisotopic (exact) mass is 516 g/mol. The summed E-state index contributed by atoms with van der Waals surface area (Å²) >= 11 is 0. The van der Waals surface area contributed by atoms with E-state index in [-0.39, 0.29) is 45.6 Å². The van der Waals surface area contributed by atoms with E-state index in [1.165, 1.54) is 0 Å². The van der Waals surface area contributed by atoms with Crippen molar-refractivity contribution >= 4 is 11.9 Å². The molecule has 0 aromatic rings. The van der Waals surface area contributed by atoms with Crippen LogP contribution in [0.1, 0.15) is 120 Å². The largest absolute Gasteiger partial charge is 0.481 e. The van der Waals surface area contributed by atoms with Gasteiger partial charge in [-0.25, -0.2) is 0 Å². The van der Waals surface area contributed by atoms with E-state index in [4.69, 9.17) is 4.74 Å². The first-order valence-electron chi connectivity index (χ1n) is 15.1. The van der Waals surface area contributed by atoms with Crippen LogP contribution in [0, 0.1) is 56.7 Å². The number of hydrogen-bond donors (Lipinski definition) is 2. The Hall–Kier alpha value is -1.10. The number of fused-ring (bicyclic) bond motifs is 7. The molecule has 0 aliphatic heterocycles. The minimum absolute atomic E-state index is 0.0177. The van der Waals surface area contributed by atoms with Crippen molar-refractivity contribution in [3.8, 4) is 0 Å². The maximum absolute atomic E-state index is 12.6. The smallest absolute Gasteiger partial charge is 0.309 e. The van der Waals surface area contributed by atoms with Crippen molar-refractivity contribution in [1.29, 1.82) is 0 Å². The third kappa shape index (κ3) is 3.43. The molecule has 0 amide bonds. The predicted octanol–water partition coefficient (Wildman–Crippen LogP) is 6.86. The SMILES string of the molecule is CC(=O)O[C@H]1C[C@H]2[C@@H](C(C)(C)O)CC[C@]2(C)[C@@H]2CC[C@H]3[C@@]4(C)CCC[C@](C)(C(=O)O)[C@@H]4CC[C@@]3(C)[C@]12C. The van der Waals surface area contributed by atoms with Crippen LogP contribution >= 0.6 is 0 Å². The Morgan fingerprint density at radius 1 is 0.838 bits per heavy atom. The van der Waals surface area contributed by atoms with Crippen molar-refractivity contribution in [2.45, 2.75) is 131 Å². The average molecular weight is 517 g/mol. The summed E-state index contributed by atoms with van der Waals surface area (Å²) in [5.74, 6) is 0.763. The molecule has 0 heterocycles. The minimum atomic E-state index is -0.743. The number of carboxylic acids is 1. The minimum Gasteiger partial charge on any atom is -0.481 e. The van der Waals surface area contributed by atoms with E-state index in [0.29, 0.717) is 17.8 Å². The Balaban J connectivity index is 1.61. The number of carboxylic acid groups (broad SMARTS) is 1. The van der Waals surface area contributed by atoms with Crippen LogP contribution in [0.15, 0.2) is 0 Å². The van der Waals surface area contributed by atoms with Gasteiger partial charge < -0.3 is 14.9 Å². The van der Waals surface area contributed by atoms with E-state index < -0.39 is 17.0 Å². The molecule has 0 bridgehead atoms. The zero-order valence-electron chi connectivity index (χ0n) is 24.7. The normalized spacial score (nSPS) is 53.3. The van der Waals surface area contributed by atoms with Gasteiger partial charge in [0.25, 0.3) is 0 Å². The van der Waals surface area contributed by atoms with Crippen LogP contribution in [-0.2, 0) is 14.3 Å². The summed E-state index contributed by atoms with van der Waals surface area (Å²) in [6.45, 7) is 17.3. The second-order valence-corrected chi connectivity index (χ2v) is 15.8. The molecular weight excluding hydrogens is 464 g/mol. The molecule has 2 N–H and O–H groups in total. The molecule has 5 rings (SSSR count). The molecule has 5 heteroatoms. The van der Waals surface area contributed by atoms with Crippen LogP contribution in [0.25, 0.3) is 0 Å². The van der Waals surface area contributed by atoms with E-state index in [1.54, 1.807) is 6.92 Å². The lowest BCUT2D eigenvalue weighted by Crippen LogP contribution is -2.70. The third-order valence-electron chi connectivity index (χ3n) is 14.2. The molecule has 0 aromatic carbocycles. The highest BCUT2D eigenvalue weighted by Crippen LogP contribution is 2.78. The third-order valence-corrected chi connectivity index (χ3v) is 14.2. The lowest BCUT2D eigenvalue weighted by molar-refractivity contribution is -0.279. The van der Waals surface area contributed by atoms with Gasteiger partial charge in [-0.1, -0.05) is 34.1 Å². The summed E-state index contributed by atoms with van der Waals surface area (Å²) in [5.41, 5.74) is -1.51. The predicted molar refractivity (Wildman–Crippen MR) is 144 cm³/mol. The molecule has 11 atom stereocenters. The van der Waals surface area contributed by atoms with Crippen molar-refractivity contribution in [2.24, 2.45) is 56.7 Å². The van der Waals surface area contributed by atoms with Crippen LogP contribution in [0.2, 0.25) is 0 Å². The first kappa shape index (κ1) is 27.5. The van der Waals surface area contributed by atoms with E-state index in [1.807, 2.05) is 20.8 Å². The second-order valence-electron chi connectivity index (χ2n) is 15.8. The quantitative estimate of drug-likeness (QED) is 0.401. The molecule has 5 saturated carbocycles. The van der Waals surface area contributed by atoms with Gasteiger partial charge in [0.1, 0.15) is 6.10 Å². The topological polar surface area (TPSA) is 83.8 Å². The molecule has 0 spiro atoms. The van der Waals surface area contributed by atoms with Crippen molar-refractivity contribution < 1.29 is 24.5 Å². The maximum atomic E-state index is 12.6. The van der Waals surface area contributed by atoms with Crippen molar-refractivity contribution in [3.05, 3.63) is 0 Å². The number of hydrogen-bond acceptors (Lipinski definition) is 4. The van der Waals surface area contributed by atoms with Gasteiger partial charge in [0.05, 0.1) is 11.0 Å². The number of esters is 1. The molecule has 0 radical (unpaired) electrons. The Labute approximate surface area is 224 Å². The first-order chi connectivity index (χ1) is 17.0. The zero-order valence-corrected chi connectivity index (χ0v) is 24.7. The van der Waals surface area contributed by atoms with Crippen molar-refractivity contribution in [1.82, 2.24) is 0 Å². The summed E-state index contributed by atoms with van der Waals surface area (Å²) in [6.07, 6.45) is 9.83. The van der Waals surface area contributed by atoms with Gasteiger partial charge in [-0.05, 0) is 124 Å². The number of ether oxygens (including phenoxy) is 1. The Bertz CT molecular complexity index is 969. The number of aliphatic carboxylic acids is 1. The molecule has 5 aliphatic carbocycles. The summed E-state index contributed by atoms with van der Waals surface area (Å²) in [5, 5.41) is 21.5. The first-order valence-corrected chi connectivity index (χ1v) is 15.1. The summed E-state index contributed by atoms with van der Waals surface area (Å²) in [6, 6.07) is 0. The summed E-state index contributed by atoms with van der Waals surface area (Å²) in [7, 11) is 0. The molecule has 5 nitrogen and oxygen atoms in total. The molecule has 0 aromatic heterocycles. The molecule has 37 heavy (non-hydrogen) atoms. The zero-order chi connectivity index (χ0) is 27.4. The number of rotatable bonds is 3. The molecule has 0 unspecified atom stereocenters. The summed E-state index contributed by atoms with van der Waals surface area (Å²) in [4.78, 5) is 25.1. The standard InChI is InChI=1S/C32H52O5/c1-19(33)37-25-18-21-20(27(2,3)36)12-16-28(21,4)24-11-10-23-29(5)14-9-15-30(6,26(34)35)22(29)13-17-31(23,7)32(24,25)8/h20-25,36H,9-18H2,1-8H3,(H,34,35)/t20-,21-,22+,23-,24-,25-,28-,29-,30-,31+,32-/m0/s1. The molecule has 5 aliphatic rings. The van der Waals surface area contributed by atoms with Crippen LogP contribution < -0.4 is 0 Å².